The smallest absolute Gasteiger partial charge is 0.339 e. The second-order valence-electron chi connectivity index (χ2n) is 13.2. The van der Waals surface area contributed by atoms with E-state index in [1.807, 2.05) is 25.1 Å². The Morgan fingerprint density at radius 2 is 1.70 bits per heavy atom. The van der Waals surface area contributed by atoms with Gasteiger partial charge in [-0.25, -0.2) is 9.59 Å². The van der Waals surface area contributed by atoms with Crippen molar-refractivity contribution in [2.75, 3.05) is 6.61 Å². The van der Waals surface area contributed by atoms with Crippen molar-refractivity contribution >= 4 is 46.1 Å². The standard InChI is InChI=1S/C36H37IO6/c1-22-18-30-28-13-12-25-20-27(38)14-16-34(25,2)29(28)15-17-35(30,3)36(22,43-33(41)24-10-7-11-26(37)19-24)31(39)21-42-32(40)23-8-5-4-6-9-23/h4-11,14,16,19-20,22,28-30H,12-13,15,17-18,21H2,1-3H3/t22-,28+,29-,30-,34-,35-,36-/m0/s1. The van der Waals surface area contributed by atoms with Gasteiger partial charge in [-0.2, -0.15) is 0 Å². The van der Waals surface area contributed by atoms with Crippen LogP contribution in [0, 0.1) is 38.1 Å². The van der Waals surface area contributed by atoms with Gasteiger partial charge in [-0.1, -0.05) is 56.7 Å². The van der Waals surface area contributed by atoms with Crippen molar-refractivity contribution in [3.05, 3.63) is 93.1 Å². The average molecular weight is 693 g/mol. The predicted molar refractivity (Wildman–Crippen MR) is 170 cm³/mol. The highest BCUT2D eigenvalue weighted by Crippen LogP contribution is 2.69. The lowest BCUT2D eigenvalue weighted by Crippen LogP contribution is -2.61. The van der Waals surface area contributed by atoms with Gasteiger partial charge in [-0.3, -0.25) is 9.59 Å². The maximum atomic E-state index is 14.5. The van der Waals surface area contributed by atoms with Crippen molar-refractivity contribution in [3.63, 3.8) is 0 Å². The van der Waals surface area contributed by atoms with E-state index in [0.29, 0.717) is 29.4 Å². The number of halogens is 1. The summed E-state index contributed by atoms with van der Waals surface area (Å²) in [6.07, 6.45) is 9.65. The number of ketones is 2. The molecule has 0 aromatic heterocycles. The van der Waals surface area contributed by atoms with Crippen LogP contribution in [0.25, 0.3) is 0 Å². The van der Waals surface area contributed by atoms with Crippen LogP contribution in [0.5, 0.6) is 0 Å². The normalized spacial score (nSPS) is 34.3. The number of carbonyl (C=O) groups excluding carboxylic acids is 4. The number of hydrogen-bond donors (Lipinski definition) is 0. The molecule has 2 aromatic carbocycles. The highest BCUT2D eigenvalue weighted by molar-refractivity contribution is 14.1. The van der Waals surface area contributed by atoms with Crippen LogP contribution >= 0.6 is 22.6 Å². The van der Waals surface area contributed by atoms with Crippen LogP contribution < -0.4 is 0 Å². The Balaban J connectivity index is 1.35. The number of allylic oxidation sites excluding steroid dienone is 4. The fraction of sp³-hybridized carbons (Fsp3) is 0.444. The Hall–Kier alpha value is -3.07. The Bertz CT molecular complexity index is 1540. The molecule has 6 rings (SSSR count). The fourth-order valence-electron chi connectivity index (χ4n) is 9.11. The molecule has 0 bridgehead atoms. The average Bonchev–Trinajstić information content (AvgIpc) is 3.23. The number of rotatable bonds is 6. The lowest BCUT2D eigenvalue weighted by atomic mass is 9.47. The third-order valence-corrected chi connectivity index (χ3v) is 11.8. The molecule has 0 heterocycles. The van der Waals surface area contributed by atoms with E-state index in [-0.39, 0.29) is 28.8 Å². The van der Waals surface area contributed by atoms with E-state index < -0.39 is 29.6 Å². The molecule has 43 heavy (non-hydrogen) atoms. The van der Waals surface area contributed by atoms with E-state index >= 15 is 0 Å². The van der Waals surface area contributed by atoms with Gasteiger partial charge in [-0.15, -0.1) is 0 Å². The van der Waals surface area contributed by atoms with Crippen molar-refractivity contribution in [2.45, 2.75) is 58.5 Å². The summed E-state index contributed by atoms with van der Waals surface area (Å²) in [5.41, 5.74) is -0.330. The highest BCUT2D eigenvalue weighted by atomic mass is 127. The van der Waals surface area contributed by atoms with Gasteiger partial charge in [0, 0.05) is 20.3 Å². The van der Waals surface area contributed by atoms with Crippen molar-refractivity contribution < 1.29 is 28.7 Å². The van der Waals surface area contributed by atoms with Crippen molar-refractivity contribution in [2.24, 2.45) is 34.5 Å². The zero-order chi connectivity index (χ0) is 30.6. The summed E-state index contributed by atoms with van der Waals surface area (Å²) in [6, 6.07) is 15.8. The molecule has 0 saturated heterocycles. The molecule has 0 radical (unpaired) electrons. The van der Waals surface area contributed by atoms with Gasteiger partial charge in [0.2, 0.25) is 5.78 Å². The largest absolute Gasteiger partial charge is 0.454 e. The molecule has 0 spiro atoms. The van der Waals surface area contributed by atoms with Crippen molar-refractivity contribution in [3.8, 4) is 0 Å². The van der Waals surface area contributed by atoms with Crippen LogP contribution in [0.2, 0.25) is 0 Å². The van der Waals surface area contributed by atoms with E-state index in [9.17, 15) is 19.2 Å². The van der Waals surface area contributed by atoms with Gasteiger partial charge in [-0.05, 0) is 115 Å². The molecular formula is C36H37IO6. The van der Waals surface area contributed by atoms with Gasteiger partial charge < -0.3 is 9.47 Å². The first-order valence-electron chi connectivity index (χ1n) is 15.2. The minimum atomic E-state index is -1.45. The molecule has 7 heteroatoms. The number of carbonyl (C=O) groups is 4. The van der Waals surface area contributed by atoms with E-state index in [0.717, 1.165) is 29.3 Å². The lowest BCUT2D eigenvalue weighted by Gasteiger charge is -2.58. The van der Waals surface area contributed by atoms with Crippen LogP contribution in [0.15, 0.2) is 78.4 Å². The van der Waals surface area contributed by atoms with E-state index in [1.54, 1.807) is 48.5 Å². The SMILES string of the molecule is C[C@H]1C[C@H]2[C@@H]3CCC4=CC(=O)C=C[C@]4(C)[C@H]3CC[C@]2(C)[C@@]1(OC(=O)c1cccc(I)c1)C(=O)COC(=O)c1ccccc1. The van der Waals surface area contributed by atoms with Crippen molar-refractivity contribution in [1.29, 1.82) is 0 Å². The molecule has 0 unspecified atom stereocenters. The van der Waals surface area contributed by atoms with Crippen LogP contribution in [0.3, 0.4) is 0 Å². The summed E-state index contributed by atoms with van der Waals surface area (Å²) in [5, 5.41) is 0. The molecule has 7 atom stereocenters. The second kappa shape index (κ2) is 11.1. The maximum Gasteiger partial charge on any atom is 0.339 e. The van der Waals surface area contributed by atoms with E-state index in [1.165, 1.54) is 5.57 Å². The molecule has 4 aliphatic carbocycles. The number of Topliss-reactive ketones (excluding diaryl/α,β-unsaturated/α-hetero) is 1. The number of benzene rings is 2. The quantitative estimate of drug-likeness (QED) is 0.236. The summed E-state index contributed by atoms with van der Waals surface area (Å²) < 4.78 is 13.0. The Morgan fingerprint density at radius 3 is 2.44 bits per heavy atom. The molecule has 4 aliphatic rings. The molecule has 224 valence electrons. The Labute approximate surface area is 266 Å². The summed E-state index contributed by atoms with van der Waals surface area (Å²) in [4.78, 5) is 53.4. The number of hydrogen-bond acceptors (Lipinski definition) is 6. The molecule has 0 amide bonds. The van der Waals surface area contributed by atoms with Crippen molar-refractivity contribution in [1.82, 2.24) is 0 Å². The highest BCUT2D eigenvalue weighted by Gasteiger charge is 2.71. The molecule has 6 nitrogen and oxygen atoms in total. The van der Waals surface area contributed by atoms with Gasteiger partial charge >= 0.3 is 11.9 Å². The zero-order valence-corrected chi connectivity index (χ0v) is 27.0. The molecule has 3 fully saturated rings. The van der Waals surface area contributed by atoms with Crippen LogP contribution in [-0.2, 0) is 19.1 Å². The molecule has 0 aliphatic heterocycles. The molecule has 2 aromatic rings. The minimum absolute atomic E-state index is 0.0539. The van der Waals surface area contributed by atoms with E-state index in [2.05, 4.69) is 42.5 Å². The second-order valence-corrected chi connectivity index (χ2v) is 14.4. The number of fused-ring (bicyclic) bond motifs is 5. The molecule has 0 N–H and O–H groups in total. The summed E-state index contributed by atoms with van der Waals surface area (Å²) in [6.45, 7) is 5.90. The van der Waals surface area contributed by atoms with Crippen LogP contribution in [0.1, 0.15) is 73.6 Å². The summed E-state index contributed by atoms with van der Waals surface area (Å²) >= 11 is 2.16. The zero-order valence-electron chi connectivity index (χ0n) is 24.8. The fourth-order valence-corrected chi connectivity index (χ4v) is 9.65. The number of ether oxygens (including phenoxy) is 2. The van der Waals surface area contributed by atoms with Crippen LogP contribution in [0.4, 0.5) is 0 Å². The van der Waals surface area contributed by atoms with Crippen LogP contribution in [-0.4, -0.2) is 35.7 Å². The first kappa shape index (κ1) is 30.0. The van der Waals surface area contributed by atoms with Gasteiger partial charge in [0.1, 0.15) is 0 Å². The number of esters is 2. The summed E-state index contributed by atoms with van der Waals surface area (Å²) in [5.74, 6) is -0.939. The monoisotopic (exact) mass is 692 g/mol. The maximum absolute atomic E-state index is 14.5. The minimum Gasteiger partial charge on any atom is -0.454 e. The molecule has 3 saturated carbocycles. The van der Waals surface area contributed by atoms with Gasteiger partial charge in [0.25, 0.3) is 0 Å². The third kappa shape index (κ3) is 4.82. The Morgan fingerprint density at radius 1 is 0.953 bits per heavy atom. The first-order valence-corrected chi connectivity index (χ1v) is 16.3. The summed E-state index contributed by atoms with van der Waals surface area (Å²) in [7, 11) is 0. The van der Waals surface area contributed by atoms with Gasteiger partial charge in [0.05, 0.1) is 11.1 Å². The lowest BCUT2D eigenvalue weighted by molar-refractivity contribution is -0.171. The topological polar surface area (TPSA) is 86.7 Å². The van der Waals surface area contributed by atoms with E-state index in [4.69, 9.17) is 9.47 Å². The third-order valence-electron chi connectivity index (χ3n) is 11.2. The van der Waals surface area contributed by atoms with Gasteiger partial charge in [0.15, 0.2) is 18.0 Å². The predicted octanol–water partition coefficient (Wildman–Crippen LogP) is 7.17. The molecular weight excluding hydrogens is 655 g/mol. The first-order chi connectivity index (χ1) is 20.5. The Kier molecular flexibility index (Phi) is 7.76.